The molecule has 4 heteroatoms. The van der Waals surface area contributed by atoms with Crippen LogP contribution >= 0.6 is 0 Å². The molecule has 0 fully saturated rings. The molecule has 3 rings (SSSR count). The normalized spacial score (nSPS) is 20.7. The highest BCUT2D eigenvalue weighted by atomic mass is 16.5. The Morgan fingerprint density at radius 1 is 1.40 bits per heavy atom. The number of benzene rings is 1. The van der Waals surface area contributed by atoms with Gasteiger partial charge < -0.3 is 15.6 Å². The van der Waals surface area contributed by atoms with Crippen molar-refractivity contribution in [2.24, 2.45) is 0 Å². The summed E-state index contributed by atoms with van der Waals surface area (Å²) in [7, 11) is 1.63. The van der Waals surface area contributed by atoms with Crippen LogP contribution in [0.2, 0.25) is 0 Å². The molecular weight excluding hydrogens is 252 g/mol. The van der Waals surface area contributed by atoms with Gasteiger partial charge in [-0.15, -0.1) is 0 Å². The number of nitrogens with two attached hydrogens (primary N) is 1. The molecule has 20 heavy (non-hydrogen) atoms. The van der Waals surface area contributed by atoms with Gasteiger partial charge in [0.05, 0.1) is 12.7 Å². The maximum Gasteiger partial charge on any atom is 0.126 e. The first kappa shape index (κ1) is 12.9. The first-order chi connectivity index (χ1) is 9.62. The average Bonchev–Trinajstić information content (AvgIpc) is 2.78. The minimum atomic E-state index is -0.888. The van der Waals surface area contributed by atoms with Gasteiger partial charge in [-0.3, -0.25) is 0 Å². The number of methoxy groups -OCH3 is 1. The minimum absolute atomic E-state index is 0.479. The summed E-state index contributed by atoms with van der Waals surface area (Å²) >= 11 is 0. The quantitative estimate of drug-likeness (QED) is 0.895. The number of rotatable bonds is 3. The number of anilines is 1. The Morgan fingerprint density at radius 3 is 3.00 bits per heavy atom. The number of fused-ring (bicyclic) bond motifs is 1. The smallest absolute Gasteiger partial charge is 0.126 e. The van der Waals surface area contributed by atoms with Gasteiger partial charge in [0.1, 0.15) is 11.6 Å². The molecule has 1 aromatic carbocycles. The van der Waals surface area contributed by atoms with Gasteiger partial charge in [0.2, 0.25) is 0 Å². The lowest BCUT2D eigenvalue weighted by Crippen LogP contribution is -2.26. The largest absolute Gasteiger partial charge is 0.497 e. The van der Waals surface area contributed by atoms with Crippen LogP contribution in [-0.4, -0.2) is 17.2 Å². The Labute approximate surface area is 118 Å². The van der Waals surface area contributed by atoms with Gasteiger partial charge in [0, 0.05) is 12.6 Å². The number of hydrogen-bond donors (Lipinski definition) is 2. The number of hydrogen-bond acceptors (Lipinski definition) is 4. The Balaban J connectivity index is 1.98. The van der Waals surface area contributed by atoms with Crippen LogP contribution in [0.5, 0.6) is 5.75 Å². The summed E-state index contributed by atoms with van der Waals surface area (Å²) in [5.74, 6) is 1.25. The maximum absolute atomic E-state index is 11.0. The van der Waals surface area contributed by atoms with Crippen LogP contribution in [0.4, 0.5) is 5.82 Å². The number of nitrogen functional groups attached to an aromatic ring is 1. The fourth-order valence-corrected chi connectivity index (χ4v) is 2.91. The molecule has 1 aromatic heterocycles. The lowest BCUT2D eigenvalue weighted by molar-refractivity contribution is 0.0389. The summed E-state index contributed by atoms with van der Waals surface area (Å²) in [5.41, 5.74) is 8.00. The average molecular weight is 270 g/mol. The molecule has 0 amide bonds. The second-order valence-corrected chi connectivity index (χ2v) is 5.28. The van der Waals surface area contributed by atoms with Gasteiger partial charge >= 0.3 is 0 Å². The fraction of sp³-hybridized carbons (Fsp3) is 0.312. The molecule has 2 aromatic rings. The second-order valence-electron chi connectivity index (χ2n) is 5.28. The molecular formula is C16H18N2O2. The lowest BCUT2D eigenvalue weighted by atomic mass is 9.89. The summed E-state index contributed by atoms with van der Waals surface area (Å²) in [6.45, 7) is 0. The first-order valence-corrected chi connectivity index (χ1v) is 6.71. The number of aryl methyl sites for hydroxylation is 1. The van der Waals surface area contributed by atoms with Gasteiger partial charge in [-0.2, -0.15) is 0 Å². The van der Waals surface area contributed by atoms with Crippen molar-refractivity contribution in [1.82, 2.24) is 4.98 Å². The van der Waals surface area contributed by atoms with Crippen LogP contribution in [0, 0.1) is 0 Å². The van der Waals surface area contributed by atoms with E-state index in [0.717, 1.165) is 23.3 Å². The van der Waals surface area contributed by atoms with E-state index in [9.17, 15) is 5.11 Å². The molecule has 1 aliphatic carbocycles. The molecule has 0 radical (unpaired) electrons. The molecule has 104 valence electrons. The van der Waals surface area contributed by atoms with Crippen molar-refractivity contribution in [3.63, 3.8) is 0 Å². The third-order valence-electron chi connectivity index (χ3n) is 4.04. The van der Waals surface area contributed by atoms with Gasteiger partial charge in [0.25, 0.3) is 0 Å². The fourth-order valence-electron chi connectivity index (χ4n) is 2.91. The standard InChI is InChI=1S/C16H18N2O2/c1-20-13-5-4-11-6-7-16(19,14(11)9-13)10-12-3-2-8-18-15(12)17/h2-5,8-9,19H,6-7,10H2,1H3,(H2,17,18). The van der Waals surface area contributed by atoms with Gasteiger partial charge in [-0.05, 0) is 47.7 Å². The Morgan fingerprint density at radius 2 is 2.25 bits per heavy atom. The van der Waals surface area contributed by atoms with Crippen LogP contribution in [0.1, 0.15) is 23.1 Å². The van der Waals surface area contributed by atoms with E-state index in [2.05, 4.69) is 4.98 Å². The first-order valence-electron chi connectivity index (χ1n) is 6.71. The lowest BCUT2D eigenvalue weighted by Gasteiger charge is -2.25. The zero-order chi connectivity index (χ0) is 14.2. The van der Waals surface area contributed by atoms with Crippen molar-refractivity contribution in [1.29, 1.82) is 0 Å². The third-order valence-corrected chi connectivity index (χ3v) is 4.04. The number of ether oxygens (including phenoxy) is 1. The molecule has 4 nitrogen and oxygen atoms in total. The van der Waals surface area contributed by atoms with E-state index in [1.165, 1.54) is 5.56 Å². The van der Waals surface area contributed by atoms with E-state index in [1.54, 1.807) is 13.3 Å². The molecule has 0 bridgehead atoms. The van der Waals surface area contributed by atoms with E-state index in [-0.39, 0.29) is 0 Å². The predicted molar refractivity (Wildman–Crippen MR) is 77.6 cm³/mol. The predicted octanol–water partition coefficient (Wildman–Crippen LogP) is 2.05. The minimum Gasteiger partial charge on any atom is -0.497 e. The van der Waals surface area contributed by atoms with Crippen molar-refractivity contribution in [3.05, 3.63) is 53.2 Å². The molecule has 1 unspecified atom stereocenters. The van der Waals surface area contributed by atoms with Gasteiger partial charge in [0.15, 0.2) is 0 Å². The summed E-state index contributed by atoms with van der Waals surface area (Å²) < 4.78 is 5.26. The summed E-state index contributed by atoms with van der Waals surface area (Å²) in [6, 6.07) is 9.64. The van der Waals surface area contributed by atoms with Crippen LogP contribution < -0.4 is 10.5 Å². The summed E-state index contributed by atoms with van der Waals surface area (Å²) in [6.07, 6.45) is 3.71. The second kappa shape index (κ2) is 4.80. The zero-order valence-electron chi connectivity index (χ0n) is 11.5. The summed E-state index contributed by atoms with van der Waals surface area (Å²) in [5, 5.41) is 11.0. The maximum atomic E-state index is 11.0. The van der Waals surface area contributed by atoms with E-state index in [0.29, 0.717) is 18.7 Å². The van der Waals surface area contributed by atoms with Gasteiger partial charge in [-0.25, -0.2) is 4.98 Å². The molecule has 0 saturated heterocycles. The highest BCUT2D eigenvalue weighted by Gasteiger charge is 2.37. The number of nitrogens with zero attached hydrogens (tertiary/aromatic N) is 1. The van der Waals surface area contributed by atoms with Crippen LogP contribution in [0.15, 0.2) is 36.5 Å². The van der Waals surface area contributed by atoms with E-state index in [4.69, 9.17) is 10.5 Å². The SMILES string of the molecule is COc1ccc2c(c1)C(O)(Cc1cccnc1N)CC2. The van der Waals surface area contributed by atoms with Crippen molar-refractivity contribution in [2.75, 3.05) is 12.8 Å². The molecule has 3 N–H and O–H groups in total. The topological polar surface area (TPSA) is 68.4 Å². The number of pyridine rings is 1. The van der Waals surface area contributed by atoms with Crippen molar-refractivity contribution in [2.45, 2.75) is 24.9 Å². The monoisotopic (exact) mass is 270 g/mol. The molecule has 0 saturated carbocycles. The highest BCUT2D eigenvalue weighted by Crippen LogP contribution is 2.41. The van der Waals surface area contributed by atoms with Gasteiger partial charge in [-0.1, -0.05) is 12.1 Å². The van der Waals surface area contributed by atoms with E-state index in [1.807, 2.05) is 30.3 Å². The molecule has 1 atom stereocenters. The van der Waals surface area contributed by atoms with Crippen molar-refractivity contribution in [3.8, 4) is 5.75 Å². The molecule has 0 spiro atoms. The van der Waals surface area contributed by atoms with Crippen LogP contribution in [-0.2, 0) is 18.4 Å². The Bertz CT molecular complexity index is 642. The van der Waals surface area contributed by atoms with Crippen molar-refractivity contribution < 1.29 is 9.84 Å². The molecule has 0 aliphatic heterocycles. The summed E-state index contributed by atoms with van der Waals surface area (Å²) in [4.78, 5) is 4.08. The molecule has 1 heterocycles. The van der Waals surface area contributed by atoms with Crippen molar-refractivity contribution >= 4 is 5.82 Å². The third kappa shape index (κ3) is 2.12. The van der Waals surface area contributed by atoms with Crippen LogP contribution in [0.25, 0.3) is 0 Å². The number of aliphatic hydroxyl groups is 1. The van der Waals surface area contributed by atoms with E-state index >= 15 is 0 Å². The Hall–Kier alpha value is -2.07. The van der Waals surface area contributed by atoms with Crippen LogP contribution in [0.3, 0.4) is 0 Å². The van der Waals surface area contributed by atoms with E-state index < -0.39 is 5.60 Å². The molecule has 1 aliphatic rings. The highest BCUT2D eigenvalue weighted by molar-refractivity contribution is 5.46. The number of aromatic nitrogens is 1. The Kier molecular flexibility index (Phi) is 3.10. The zero-order valence-corrected chi connectivity index (χ0v) is 11.5.